The number of ether oxygens (including phenoxy) is 1. The molecular formula is C7H13BrO. The summed E-state index contributed by atoms with van der Waals surface area (Å²) in [6.45, 7) is 6.39. The van der Waals surface area contributed by atoms with Crippen LogP contribution in [0.4, 0.5) is 0 Å². The Morgan fingerprint density at radius 2 is 2.11 bits per heavy atom. The van der Waals surface area contributed by atoms with Crippen molar-refractivity contribution in [1.82, 2.24) is 0 Å². The lowest BCUT2D eigenvalue weighted by Crippen LogP contribution is -2.48. The summed E-state index contributed by atoms with van der Waals surface area (Å²) < 4.78 is 5.16. The number of hydrogen-bond donors (Lipinski definition) is 0. The molecule has 0 aromatic heterocycles. The van der Waals surface area contributed by atoms with Gasteiger partial charge in [0, 0.05) is 10.7 Å². The molecule has 54 valence electrons. The first kappa shape index (κ1) is 7.55. The predicted octanol–water partition coefficient (Wildman–Crippen LogP) is 2.05. The molecule has 0 bridgehead atoms. The van der Waals surface area contributed by atoms with Crippen LogP contribution in [-0.4, -0.2) is 18.5 Å². The second-order valence-electron chi connectivity index (χ2n) is 3.14. The quantitative estimate of drug-likeness (QED) is 0.610. The Hall–Kier alpha value is 0.440. The van der Waals surface area contributed by atoms with Crippen molar-refractivity contribution in [1.29, 1.82) is 0 Å². The summed E-state index contributed by atoms with van der Waals surface area (Å²) in [6.07, 6.45) is 0. The van der Waals surface area contributed by atoms with Crippen LogP contribution in [0.2, 0.25) is 0 Å². The molecule has 0 amide bonds. The molecule has 0 atom stereocenters. The van der Waals surface area contributed by atoms with Gasteiger partial charge in [0.1, 0.15) is 0 Å². The van der Waals surface area contributed by atoms with Gasteiger partial charge in [0.05, 0.1) is 13.2 Å². The Kier molecular flexibility index (Phi) is 2.17. The van der Waals surface area contributed by atoms with E-state index in [0.717, 1.165) is 24.5 Å². The van der Waals surface area contributed by atoms with Gasteiger partial charge < -0.3 is 4.74 Å². The molecule has 0 saturated carbocycles. The van der Waals surface area contributed by atoms with Crippen LogP contribution in [0, 0.1) is 11.3 Å². The molecule has 9 heavy (non-hydrogen) atoms. The fourth-order valence-corrected chi connectivity index (χ4v) is 1.90. The van der Waals surface area contributed by atoms with Crippen molar-refractivity contribution < 1.29 is 4.74 Å². The van der Waals surface area contributed by atoms with E-state index in [4.69, 9.17) is 4.74 Å². The zero-order valence-corrected chi connectivity index (χ0v) is 7.57. The summed E-state index contributed by atoms with van der Waals surface area (Å²) in [4.78, 5) is 0. The Labute approximate surface area is 64.9 Å². The smallest absolute Gasteiger partial charge is 0.0555 e. The molecule has 0 aliphatic carbocycles. The summed E-state index contributed by atoms with van der Waals surface area (Å²) >= 11 is 3.50. The van der Waals surface area contributed by atoms with E-state index in [1.165, 1.54) is 0 Å². The first-order chi connectivity index (χ1) is 4.21. The molecule has 2 heteroatoms. The van der Waals surface area contributed by atoms with Crippen LogP contribution in [-0.2, 0) is 4.74 Å². The van der Waals surface area contributed by atoms with Crippen molar-refractivity contribution in [3.63, 3.8) is 0 Å². The van der Waals surface area contributed by atoms with E-state index in [1.807, 2.05) is 0 Å². The summed E-state index contributed by atoms with van der Waals surface area (Å²) in [5.41, 5.74) is 0.458. The van der Waals surface area contributed by atoms with Crippen molar-refractivity contribution in [2.24, 2.45) is 11.3 Å². The minimum atomic E-state index is 0.458. The maximum absolute atomic E-state index is 5.16. The number of halogens is 1. The van der Waals surface area contributed by atoms with Crippen molar-refractivity contribution in [2.45, 2.75) is 13.8 Å². The lowest BCUT2D eigenvalue weighted by molar-refractivity contribution is -0.122. The molecule has 1 nitrogen and oxygen atoms in total. The molecule has 0 spiro atoms. The molecule has 1 saturated heterocycles. The highest BCUT2D eigenvalue weighted by Crippen LogP contribution is 2.36. The van der Waals surface area contributed by atoms with Crippen LogP contribution in [0.25, 0.3) is 0 Å². The van der Waals surface area contributed by atoms with Crippen molar-refractivity contribution >= 4 is 15.9 Å². The fourth-order valence-electron chi connectivity index (χ4n) is 0.929. The van der Waals surface area contributed by atoms with Gasteiger partial charge in [0.25, 0.3) is 0 Å². The van der Waals surface area contributed by atoms with Crippen molar-refractivity contribution in [2.75, 3.05) is 18.5 Å². The van der Waals surface area contributed by atoms with Crippen LogP contribution in [0.1, 0.15) is 13.8 Å². The van der Waals surface area contributed by atoms with Gasteiger partial charge in [-0.25, -0.2) is 0 Å². The molecule has 0 aromatic rings. The molecule has 0 radical (unpaired) electrons. The number of alkyl halides is 1. The second-order valence-corrected chi connectivity index (χ2v) is 3.70. The van der Waals surface area contributed by atoms with Crippen LogP contribution in [0.5, 0.6) is 0 Å². The first-order valence-corrected chi connectivity index (χ1v) is 4.47. The van der Waals surface area contributed by atoms with E-state index in [1.54, 1.807) is 0 Å². The van der Waals surface area contributed by atoms with E-state index in [9.17, 15) is 0 Å². The van der Waals surface area contributed by atoms with Crippen LogP contribution >= 0.6 is 15.9 Å². The Bertz CT molecular complexity index is 91.6. The molecule has 1 heterocycles. The van der Waals surface area contributed by atoms with Gasteiger partial charge in [-0.2, -0.15) is 0 Å². The topological polar surface area (TPSA) is 9.23 Å². The zero-order chi connectivity index (χ0) is 6.91. The SMILES string of the molecule is CC(C)C1(CBr)COC1. The van der Waals surface area contributed by atoms with Crippen LogP contribution in [0.3, 0.4) is 0 Å². The van der Waals surface area contributed by atoms with E-state index >= 15 is 0 Å². The molecule has 0 N–H and O–H groups in total. The second kappa shape index (κ2) is 2.59. The third-order valence-corrected chi connectivity index (χ3v) is 3.39. The monoisotopic (exact) mass is 192 g/mol. The minimum Gasteiger partial charge on any atom is -0.380 e. The van der Waals surface area contributed by atoms with E-state index in [0.29, 0.717) is 5.41 Å². The van der Waals surface area contributed by atoms with E-state index < -0.39 is 0 Å². The molecule has 1 fully saturated rings. The van der Waals surface area contributed by atoms with Gasteiger partial charge in [0.15, 0.2) is 0 Å². The summed E-state index contributed by atoms with van der Waals surface area (Å²) in [5, 5.41) is 1.08. The maximum atomic E-state index is 5.16. The van der Waals surface area contributed by atoms with Gasteiger partial charge in [-0.15, -0.1) is 0 Å². The van der Waals surface area contributed by atoms with E-state index in [2.05, 4.69) is 29.8 Å². The summed E-state index contributed by atoms with van der Waals surface area (Å²) in [5.74, 6) is 0.741. The first-order valence-electron chi connectivity index (χ1n) is 3.35. The average Bonchev–Trinajstić information content (AvgIpc) is 1.62. The standard InChI is InChI=1S/C7H13BrO/c1-6(2)7(3-8)4-9-5-7/h6H,3-5H2,1-2H3. The lowest BCUT2D eigenvalue weighted by atomic mass is 9.77. The highest BCUT2D eigenvalue weighted by Gasteiger charge is 2.40. The van der Waals surface area contributed by atoms with Gasteiger partial charge in [-0.05, 0) is 5.92 Å². The van der Waals surface area contributed by atoms with Gasteiger partial charge in [0.2, 0.25) is 0 Å². The normalized spacial score (nSPS) is 24.0. The molecular weight excluding hydrogens is 180 g/mol. The number of rotatable bonds is 2. The predicted molar refractivity (Wildman–Crippen MR) is 41.9 cm³/mol. The van der Waals surface area contributed by atoms with Crippen LogP contribution < -0.4 is 0 Å². The molecule has 0 unspecified atom stereocenters. The van der Waals surface area contributed by atoms with E-state index in [-0.39, 0.29) is 0 Å². The molecule has 1 rings (SSSR count). The minimum absolute atomic E-state index is 0.458. The zero-order valence-electron chi connectivity index (χ0n) is 5.98. The van der Waals surface area contributed by atoms with Crippen molar-refractivity contribution in [3.8, 4) is 0 Å². The Morgan fingerprint density at radius 1 is 1.56 bits per heavy atom. The lowest BCUT2D eigenvalue weighted by Gasteiger charge is -2.43. The average molecular weight is 193 g/mol. The van der Waals surface area contributed by atoms with Gasteiger partial charge >= 0.3 is 0 Å². The van der Waals surface area contributed by atoms with Crippen LogP contribution in [0.15, 0.2) is 0 Å². The maximum Gasteiger partial charge on any atom is 0.0555 e. The molecule has 1 aliphatic heterocycles. The molecule has 1 aliphatic rings. The Morgan fingerprint density at radius 3 is 2.11 bits per heavy atom. The summed E-state index contributed by atoms with van der Waals surface area (Å²) in [7, 11) is 0. The summed E-state index contributed by atoms with van der Waals surface area (Å²) in [6, 6.07) is 0. The highest BCUT2D eigenvalue weighted by molar-refractivity contribution is 9.09. The van der Waals surface area contributed by atoms with Gasteiger partial charge in [-0.3, -0.25) is 0 Å². The number of hydrogen-bond acceptors (Lipinski definition) is 1. The third-order valence-electron chi connectivity index (χ3n) is 2.27. The third kappa shape index (κ3) is 1.15. The van der Waals surface area contributed by atoms with Crippen molar-refractivity contribution in [3.05, 3.63) is 0 Å². The Balaban J connectivity index is 2.46. The van der Waals surface area contributed by atoms with Gasteiger partial charge in [-0.1, -0.05) is 29.8 Å². The highest BCUT2D eigenvalue weighted by atomic mass is 79.9. The molecule has 0 aromatic carbocycles. The largest absolute Gasteiger partial charge is 0.380 e. The fraction of sp³-hybridized carbons (Fsp3) is 1.00.